The molecule has 0 N–H and O–H groups in total. The average molecular weight is 400 g/mol. The summed E-state index contributed by atoms with van der Waals surface area (Å²) in [6, 6.07) is 30.8. The molecule has 3 rings (SSSR count). The fraction of sp³-hybridized carbons (Fsp3) is 0. The second-order valence-electron chi connectivity index (χ2n) is 4.76. The van der Waals surface area contributed by atoms with Gasteiger partial charge >= 0.3 is 130 Å². The monoisotopic (exact) mass is 401 g/mol. The Balaban J connectivity index is 0.00000161. The van der Waals surface area contributed by atoms with Crippen molar-refractivity contribution < 1.29 is 17.1 Å². The van der Waals surface area contributed by atoms with Crippen LogP contribution in [0.2, 0.25) is 0 Å². The van der Waals surface area contributed by atoms with Gasteiger partial charge in [0, 0.05) is 17.1 Å². The molecule has 3 heteroatoms. The molecule has 0 aliphatic carbocycles. The topological polar surface area (TPSA) is 0 Å². The second kappa shape index (κ2) is 7.96. The maximum absolute atomic E-state index is 2.31. The Kier molecular flexibility index (Phi) is 6.26. The summed E-state index contributed by atoms with van der Waals surface area (Å²) in [5.74, 6) is 0. The van der Waals surface area contributed by atoms with E-state index in [2.05, 4.69) is 84.9 Å². The van der Waals surface area contributed by atoms with Crippen LogP contribution in [0.1, 0.15) is 0 Å². The van der Waals surface area contributed by atoms with Crippen LogP contribution < -0.4 is 20.3 Å². The van der Waals surface area contributed by atoms with E-state index in [0.717, 1.165) is 0 Å². The Morgan fingerprint density at radius 3 is 1.48 bits per heavy atom. The summed E-state index contributed by atoms with van der Waals surface area (Å²) >= 11 is 1.21. The normalized spacial score (nSPS) is 10.2. The summed E-state index contributed by atoms with van der Waals surface area (Å²) in [5, 5.41) is 4.46. The van der Waals surface area contributed by atoms with Gasteiger partial charge < -0.3 is 0 Å². The first-order valence-electron chi connectivity index (χ1n) is 6.75. The minimum absolute atomic E-state index is 0. The Labute approximate surface area is 146 Å². The standard InChI is InChI=1S/C18H16GeP.Cu/c19-17-13-7-8-14-18(17)20(15-9-3-1-4-10-15)16-11-5-2-6-12-16;/h1-14H,19H2;/p+1. The predicted molar refractivity (Wildman–Crippen MR) is 94.7 cm³/mol. The van der Waals surface area contributed by atoms with E-state index in [0.29, 0.717) is 0 Å². The van der Waals surface area contributed by atoms with Crippen molar-refractivity contribution in [1.82, 2.24) is 0 Å². The van der Waals surface area contributed by atoms with Gasteiger partial charge in [0.2, 0.25) is 0 Å². The van der Waals surface area contributed by atoms with Crippen LogP contribution >= 0.6 is 7.92 Å². The first-order valence-corrected chi connectivity index (χ1v) is 9.74. The number of benzene rings is 3. The molecule has 0 fully saturated rings. The second-order valence-corrected chi connectivity index (χ2v) is 8.81. The molecule has 21 heavy (non-hydrogen) atoms. The fourth-order valence-electron chi connectivity index (χ4n) is 2.45. The molecule has 3 aromatic carbocycles. The van der Waals surface area contributed by atoms with Gasteiger partial charge in [-0.2, -0.15) is 0 Å². The minimum atomic E-state index is -0.876. The van der Waals surface area contributed by atoms with E-state index < -0.39 is 7.92 Å². The van der Waals surface area contributed by atoms with Crippen molar-refractivity contribution in [3.05, 3.63) is 84.9 Å². The fourth-order valence-corrected chi connectivity index (χ4v) is 6.77. The average Bonchev–Trinajstić information content (AvgIpc) is 2.52. The molecule has 0 amide bonds. The van der Waals surface area contributed by atoms with Crippen LogP contribution in [0.15, 0.2) is 84.9 Å². The van der Waals surface area contributed by atoms with E-state index in [1.807, 2.05) is 0 Å². The molecular formula is C18H17CuGeP+. The van der Waals surface area contributed by atoms with Crippen LogP contribution in [0.3, 0.4) is 0 Å². The first-order chi connectivity index (χ1) is 9.86. The van der Waals surface area contributed by atoms with E-state index in [4.69, 9.17) is 0 Å². The van der Waals surface area contributed by atoms with Gasteiger partial charge in [-0.25, -0.2) is 0 Å². The van der Waals surface area contributed by atoms with Crippen molar-refractivity contribution in [1.29, 1.82) is 0 Å². The molecule has 0 heterocycles. The van der Waals surface area contributed by atoms with Gasteiger partial charge in [0.15, 0.2) is 0 Å². The van der Waals surface area contributed by atoms with Gasteiger partial charge in [-0.1, -0.05) is 0 Å². The van der Waals surface area contributed by atoms with Crippen LogP contribution in [-0.2, 0) is 17.1 Å². The predicted octanol–water partition coefficient (Wildman–Crippen LogP) is 1.43. The van der Waals surface area contributed by atoms with E-state index >= 15 is 0 Å². The zero-order chi connectivity index (χ0) is 13.8. The van der Waals surface area contributed by atoms with E-state index in [1.165, 1.54) is 36.8 Å². The quantitative estimate of drug-likeness (QED) is 0.461. The van der Waals surface area contributed by atoms with Crippen LogP contribution in [-0.4, -0.2) is 16.5 Å². The summed E-state index contributed by atoms with van der Waals surface area (Å²) in [5.41, 5.74) is 0. The van der Waals surface area contributed by atoms with Gasteiger partial charge in [-0.15, -0.1) is 0 Å². The molecule has 0 saturated carbocycles. The number of hydrogen-bond donors (Lipinski definition) is 0. The van der Waals surface area contributed by atoms with Crippen LogP contribution in [0, 0.1) is 0 Å². The zero-order valence-corrected chi connectivity index (χ0v) is 16.5. The van der Waals surface area contributed by atoms with Crippen molar-refractivity contribution in [2.75, 3.05) is 0 Å². The summed E-state index contributed by atoms with van der Waals surface area (Å²) in [6.45, 7) is 0. The molecule has 0 aliphatic rings. The Bertz CT molecular complexity index is 646. The van der Waals surface area contributed by atoms with E-state index in [9.17, 15) is 0 Å². The number of rotatable bonds is 3. The van der Waals surface area contributed by atoms with Crippen LogP contribution in [0.25, 0.3) is 0 Å². The molecule has 108 valence electrons. The first kappa shape index (κ1) is 16.5. The molecule has 0 aromatic heterocycles. The third kappa shape index (κ3) is 3.87. The third-order valence-electron chi connectivity index (χ3n) is 3.41. The Hall–Kier alpha value is -0.848. The Morgan fingerprint density at radius 1 is 0.571 bits per heavy atom. The van der Waals surface area contributed by atoms with Crippen molar-refractivity contribution in [2.24, 2.45) is 0 Å². The third-order valence-corrected chi connectivity index (χ3v) is 8.29. The molecule has 2 radical (unpaired) electrons. The van der Waals surface area contributed by atoms with Crippen molar-refractivity contribution in [3.8, 4) is 0 Å². The molecule has 0 bridgehead atoms. The summed E-state index contributed by atoms with van der Waals surface area (Å²) in [4.78, 5) is 0. The van der Waals surface area contributed by atoms with Gasteiger partial charge in [0.25, 0.3) is 0 Å². The van der Waals surface area contributed by atoms with Crippen molar-refractivity contribution in [3.63, 3.8) is 0 Å². The molecule has 0 saturated heterocycles. The van der Waals surface area contributed by atoms with Crippen molar-refractivity contribution >= 4 is 44.7 Å². The van der Waals surface area contributed by atoms with E-state index in [-0.39, 0.29) is 17.1 Å². The molecule has 0 unspecified atom stereocenters. The molecule has 0 spiro atoms. The molecular weight excluding hydrogens is 383 g/mol. The molecule has 0 aliphatic heterocycles. The van der Waals surface area contributed by atoms with Gasteiger partial charge in [0.05, 0.1) is 0 Å². The Morgan fingerprint density at radius 2 is 1.00 bits per heavy atom. The summed E-state index contributed by atoms with van der Waals surface area (Å²) in [7, 11) is -0.876. The van der Waals surface area contributed by atoms with Gasteiger partial charge in [-0.05, 0) is 0 Å². The van der Waals surface area contributed by atoms with Crippen molar-refractivity contribution in [2.45, 2.75) is 0 Å². The van der Waals surface area contributed by atoms with Gasteiger partial charge in [0.1, 0.15) is 0 Å². The maximum atomic E-state index is 2.31. The molecule has 3 aromatic rings. The zero-order valence-electron chi connectivity index (χ0n) is 11.6. The SMILES string of the molecule is [Cu].[GeH2][c]1ccccc1[PH+](c1ccccc1)c1ccccc1. The molecule has 0 nitrogen and oxygen atoms in total. The molecule has 0 atom stereocenters. The van der Waals surface area contributed by atoms with Crippen LogP contribution in [0.5, 0.6) is 0 Å². The summed E-state index contributed by atoms with van der Waals surface area (Å²) < 4.78 is 1.51. The van der Waals surface area contributed by atoms with E-state index in [1.54, 1.807) is 0 Å². The summed E-state index contributed by atoms with van der Waals surface area (Å²) in [6.07, 6.45) is 0. The van der Waals surface area contributed by atoms with Crippen LogP contribution in [0.4, 0.5) is 0 Å². The number of hydrogen-bond acceptors (Lipinski definition) is 0. The van der Waals surface area contributed by atoms with Gasteiger partial charge in [-0.3, -0.25) is 0 Å².